The van der Waals surface area contributed by atoms with Crippen LogP contribution in [0.15, 0.2) is 18.2 Å². The predicted octanol–water partition coefficient (Wildman–Crippen LogP) is 3.64. The second-order valence-electron chi connectivity index (χ2n) is 5.68. The van der Waals surface area contributed by atoms with Crippen molar-refractivity contribution in [3.05, 3.63) is 29.0 Å². The van der Waals surface area contributed by atoms with Gasteiger partial charge in [0.2, 0.25) is 0 Å². The molecule has 1 aromatic rings. The van der Waals surface area contributed by atoms with Crippen molar-refractivity contribution in [3.63, 3.8) is 0 Å². The zero-order chi connectivity index (χ0) is 13.2. The van der Waals surface area contributed by atoms with Crippen LogP contribution in [0.4, 0.5) is 4.39 Å². The second kappa shape index (κ2) is 5.68. The van der Waals surface area contributed by atoms with Crippen molar-refractivity contribution in [1.82, 2.24) is 5.32 Å². The smallest absolute Gasteiger partial charge is 0.138 e. The monoisotopic (exact) mass is 283 g/mol. The standard InChI is InChI=1S/C15H19ClFNO/c16-14-7-12(17)4-5-15(14)19-9-11-6-13-3-1-2-10(11)8-18-13/h4-5,7,10-11,13,18H,1-3,6,8-9H2. The van der Waals surface area contributed by atoms with Crippen molar-refractivity contribution >= 4 is 11.6 Å². The Morgan fingerprint density at radius 3 is 3.11 bits per heavy atom. The highest BCUT2D eigenvalue weighted by atomic mass is 35.5. The van der Waals surface area contributed by atoms with E-state index >= 15 is 0 Å². The number of hydrogen-bond donors (Lipinski definition) is 1. The summed E-state index contributed by atoms with van der Waals surface area (Å²) in [6, 6.07) is 4.96. The number of benzene rings is 1. The van der Waals surface area contributed by atoms with E-state index in [1.54, 1.807) is 6.07 Å². The first kappa shape index (κ1) is 13.2. The molecule has 2 bridgehead atoms. The second-order valence-corrected chi connectivity index (χ2v) is 6.08. The molecule has 3 atom stereocenters. The minimum atomic E-state index is -0.324. The van der Waals surface area contributed by atoms with Gasteiger partial charge in [-0.15, -0.1) is 0 Å². The van der Waals surface area contributed by atoms with Crippen molar-refractivity contribution in [1.29, 1.82) is 0 Å². The third kappa shape index (κ3) is 3.03. The summed E-state index contributed by atoms with van der Waals surface area (Å²) in [6.45, 7) is 1.80. The summed E-state index contributed by atoms with van der Waals surface area (Å²) in [5, 5.41) is 3.96. The van der Waals surface area contributed by atoms with E-state index < -0.39 is 0 Å². The average molecular weight is 284 g/mol. The van der Waals surface area contributed by atoms with Crippen LogP contribution in [-0.4, -0.2) is 19.2 Å². The van der Waals surface area contributed by atoms with Crippen molar-refractivity contribution in [2.24, 2.45) is 11.8 Å². The van der Waals surface area contributed by atoms with Crippen molar-refractivity contribution < 1.29 is 9.13 Å². The molecule has 0 amide bonds. The summed E-state index contributed by atoms with van der Waals surface area (Å²) < 4.78 is 18.8. The van der Waals surface area contributed by atoms with Gasteiger partial charge in [0.25, 0.3) is 0 Å². The van der Waals surface area contributed by atoms with E-state index in [2.05, 4.69) is 5.32 Å². The van der Waals surface area contributed by atoms with Gasteiger partial charge in [-0.05, 0) is 55.8 Å². The summed E-state index contributed by atoms with van der Waals surface area (Å²) >= 11 is 5.98. The van der Waals surface area contributed by atoms with Gasteiger partial charge in [-0.3, -0.25) is 0 Å². The lowest BCUT2D eigenvalue weighted by molar-refractivity contribution is 0.147. The Morgan fingerprint density at radius 2 is 2.26 bits per heavy atom. The molecule has 104 valence electrons. The predicted molar refractivity (Wildman–Crippen MR) is 74.1 cm³/mol. The molecule has 1 N–H and O–H groups in total. The van der Waals surface area contributed by atoms with Crippen LogP contribution in [0, 0.1) is 17.7 Å². The Kier molecular flexibility index (Phi) is 3.94. The van der Waals surface area contributed by atoms with Gasteiger partial charge in [0.05, 0.1) is 11.6 Å². The summed E-state index contributed by atoms with van der Waals surface area (Å²) in [4.78, 5) is 0. The molecular weight excluding hydrogens is 265 g/mol. The Labute approximate surface area is 118 Å². The van der Waals surface area contributed by atoms with Crippen molar-refractivity contribution in [3.8, 4) is 5.75 Å². The third-order valence-electron chi connectivity index (χ3n) is 4.40. The molecule has 3 fully saturated rings. The minimum Gasteiger partial charge on any atom is -0.492 e. The van der Waals surface area contributed by atoms with Crippen LogP contribution in [-0.2, 0) is 0 Å². The first-order chi connectivity index (χ1) is 9.22. The molecule has 1 saturated carbocycles. The summed E-state index contributed by atoms with van der Waals surface area (Å²) in [7, 11) is 0. The molecule has 3 aliphatic rings. The maximum absolute atomic E-state index is 13.0. The van der Waals surface area contributed by atoms with E-state index in [0.717, 1.165) is 6.54 Å². The number of piperidine rings is 1. The largest absolute Gasteiger partial charge is 0.492 e. The fraction of sp³-hybridized carbons (Fsp3) is 0.600. The highest BCUT2D eigenvalue weighted by molar-refractivity contribution is 6.32. The van der Waals surface area contributed by atoms with Gasteiger partial charge in [0.1, 0.15) is 11.6 Å². The Balaban J connectivity index is 1.62. The molecular formula is C15H19ClFNO. The molecule has 1 aliphatic carbocycles. The normalized spacial score (nSPS) is 30.1. The molecule has 2 nitrogen and oxygen atoms in total. The molecule has 2 aliphatic heterocycles. The number of nitrogens with one attached hydrogen (secondary N) is 1. The molecule has 19 heavy (non-hydrogen) atoms. The SMILES string of the molecule is Fc1ccc(OCC2CC3CCCC2CN3)c(Cl)c1. The molecule has 2 heterocycles. The van der Waals surface area contributed by atoms with Gasteiger partial charge >= 0.3 is 0 Å². The van der Waals surface area contributed by atoms with Crippen molar-refractivity contribution in [2.45, 2.75) is 31.7 Å². The van der Waals surface area contributed by atoms with E-state index in [-0.39, 0.29) is 5.82 Å². The summed E-state index contributed by atoms with van der Waals surface area (Å²) in [5.41, 5.74) is 0. The lowest BCUT2D eigenvalue weighted by Gasteiger charge is -2.33. The zero-order valence-corrected chi connectivity index (χ0v) is 11.6. The fourth-order valence-corrected chi connectivity index (χ4v) is 3.53. The van der Waals surface area contributed by atoms with Gasteiger partial charge < -0.3 is 10.1 Å². The van der Waals surface area contributed by atoms with Crippen LogP contribution in [0.1, 0.15) is 25.7 Å². The molecule has 0 spiro atoms. The molecule has 4 heteroatoms. The molecule has 1 aromatic carbocycles. The lowest BCUT2D eigenvalue weighted by atomic mass is 9.85. The number of halogens is 2. The molecule has 3 unspecified atom stereocenters. The van der Waals surface area contributed by atoms with Crippen LogP contribution in [0.2, 0.25) is 5.02 Å². The van der Waals surface area contributed by atoms with Crippen molar-refractivity contribution in [2.75, 3.05) is 13.2 Å². The fourth-order valence-electron chi connectivity index (χ4n) is 3.30. The first-order valence-electron chi connectivity index (χ1n) is 7.03. The molecule has 2 saturated heterocycles. The topological polar surface area (TPSA) is 21.3 Å². The van der Waals surface area contributed by atoms with Crippen LogP contribution in [0.5, 0.6) is 5.75 Å². The maximum Gasteiger partial charge on any atom is 0.138 e. The quantitative estimate of drug-likeness (QED) is 0.914. The maximum atomic E-state index is 13.0. The average Bonchev–Trinajstić information content (AvgIpc) is 2.72. The molecule has 0 radical (unpaired) electrons. The highest BCUT2D eigenvalue weighted by Gasteiger charge is 2.33. The van der Waals surface area contributed by atoms with E-state index in [9.17, 15) is 4.39 Å². The van der Waals surface area contributed by atoms with Gasteiger partial charge in [0, 0.05) is 6.04 Å². The Hall–Kier alpha value is -0.800. The first-order valence-corrected chi connectivity index (χ1v) is 7.41. The zero-order valence-electron chi connectivity index (χ0n) is 10.9. The van der Waals surface area contributed by atoms with Crippen LogP contribution >= 0.6 is 11.6 Å². The van der Waals surface area contributed by atoms with E-state index in [1.165, 1.54) is 37.8 Å². The lowest BCUT2D eigenvalue weighted by Crippen LogP contribution is -2.43. The Bertz CT molecular complexity index is 450. The summed E-state index contributed by atoms with van der Waals surface area (Å²) in [5.74, 6) is 1.57. The van der Waals surface area contributed by atoms with Crippen LogP contribution in [0.3, 0.4) is 0 Å². The van der Waals surface area contributed by atoms with Gasteiger partial charge in [-0.25, -0.2) is 4.39 Å². The molecule has 4 rings (SSSR count). The molecule has 0 aromatic heterocycles. The third-order valence-corrected chi connectivity index (χ3v) is 4.69. The van der Waals surface area contributed by atoms with E-state index in [4.69, 9.17) is 16.3 Å². The van der Waals surface area contributed by atoms with Crippen LogP contribution < -0.4 is 10.1 Å². The van der Waals surface area contributed by atoms with E-state index in [0.29, 0.717) is 35.3 Å². The summed E-state index contributed by atoms with van der Waals surface area (Å²) in [6.07, 6.45) is 5.07. The number of hydrogen-bond acceptors (Lipinski definition) is 2. The number of rotatable bonds is 3. The highest BCUT2D eigenvalue weighted by Crippen LogP contribution is 2.34. The van der Waals surface area contributed by atoms with Gasteiger partial charge in [-0.2, -0.15) is 0 Å². The van der Waals surface area contributed by atoms with Gasteiger partial charge in [0.15, 0.2) is 0 Å². The van der Waals surface area contributed by atoms with Gasteiger partial charge in [-0.1, -0.05) is 18.0 Å². The van der Waals surface area contributed by atoms with Crippen LogP contribution in [0.25, 0.3) is 0 Å². The minimum absolute atomic E-state index is 0.324. The van der Waals surface area contributed by atoms with E-state index in [1.807, 2.05) is 0 Å². The Morgan fingerprint density at radius 1 is 1.37 bits per heavy atom. The number of ether oxygens (including phenoxy) is 1. The number of fused-ring (bicyclic) bond motifs is 4.